The fraction of sp³-hybridized carbons (Fsp3) is 0.480. The average molecular weight is 480 g/mol. The summed E-state index contributed by atoms with van der Waals surface area (Å²) in [5, 5.41) is 0. The van der Waals surface area contributed by atoms with E-state index in [0.717, 1.165) is 23.9 Å². The summed E-state index contributed by atoms with van der Waals surface area (Å²) in [5.74, 6) is 1.15. The van der Waals surface area contributed by atoms with Crippen LogP contribution in [0.3, 0.4) is 0 Å². The van der Waals surface area contributed by atoms with E-state index in [-0.39, 0.29) is 5.75 Å². The van der Waals surface area contributed by atoms with Gasteiger partial charge < -0.3 is 19.1 Å². The standard InChI is InChI=1S/C25H32F3N3O3/c1-8-16(9-2)19-10-11-20(32-7)21-22(19)31(6)24(29-21)33-23-15(3)12-18(34-25(26,27)28)13-17(23)14-30(4)5/h10-13,16H,8-9,14H2,1-7H3. The van der Waals surface area contributed by atoms with E-state index in [1.165, 1.54) is 12.1 Å². The Kier molecular flexibility index (Phi) is 7.65. The topological polar surface area (TPSA) is 48.8 Å². The van der Waals surface area contributed by atoms with Gasteiger partial charge >= 0.3 is 12.4 Å². The monoisotopic (exact) mass is 479 g/mol. The van der Waals surface area contributed by atoms with Crippen LogP contribution in [0, 0.1) is 6.92 Å². The quantitative estimate of drug-likeness (QED) is 0.348. The molecule has 0 aliphatic heterocycles. The third-order valence-corrected chi connectivity index (χ3v) is 5.86. The molecule has 0 atom stereocenters. The molecule has 0 N–H and O–H groups in total. The highest BCUT2D eigenvalue weighted by atomic mass is 19.4. The van der Waals surface area contributed by atoms with Crippen molar-refractivity contribution in [2.24, 2.45) is 7.05 Å². The predicted octanol–water partition coefficient (Wildman–Crippen LogP) is 6.55. The van der Waals surface area contributed by atoms with Crippen molar-refractivity contribution in [3.63, 3.8) is 0 Å². The SMILES string of the molecule is CCC(CC)c1ccc(OC)c2nc(Oc3c(C)cc(OC(F)(F)F)cc3CN(C)C)n(C)c12. The lowest BCUT2D eigenvalue weighted by Crippen LogP contribution is -2.18. The molecule has 0 unspecified atom stereocenters. The van der Waals surface area contributed by atoms with Gasteiger partial charge in [0.1, 0.15) is 22.8 Å². The van der Waals surface area contributed by atoms with Gasteiger partial charge in [0.2, 0.25) is 0 Å². The number of hydrogen-bond donors (Lipinski definition) is 0. The number of ether oxygens (including phenoxy) is 3. The molecule has 0 fully saturated rings. The first-order chi connectivity index (χ1) is 16.0. The number of rotatable bonds is 9. The van der Waals surface area contributed by atoms with E-state index in [2.05, 4.69) is 24.7 Å². The van der Waals surface area contributed by atoms with Crippen molar-refractivity contribution in [1.29, 1.82) is 0 Å². The lowest BCUT2D eigenvalue weighted by atomic mass is 9.92. The zero-order chi connectivity index (χ0) is 25.2. The molecule has 0 aliphatic carbocycles. The Labute approximate surface area is 198 Å². The Bertz CT molecular complexity index is 1150. The molecule has 0 aliphatic rings. The van der Waals surface area contributed by atoms with E-state index in [1.54, 1.807) is 14.0 Å². The number of aromatic nitrogens is 2. The van der Waals surface area contributed by atoms with Crippen molar-refractivity contribution in [3.8, 4) is 23.3 Å². The van der Waals surface area contributed by atoms with Crippen LogP contribution in [0.25, 0.3) is 11.0 Å². The molecular formula is C25H32F3N3O3. The first-order valence-electron chi connectivity index (χ1n) is 11.2. The molecule has 3 rings (SSSR count). The van der Waals surface area contributed by atoms with Crippen LogP contribution in [0.5, 0.6) is 23.3 Å². The molecule has 0 saturated heterocycles. The van der Waals surface area contributed by atoms with Gasteiger partial charge in [-0.1, -0.05) is 19.9 Å². The molecule has 2 aromatic carbocycles. The van der Waals surface area contributed by atoms with Gasteiger partial charge in [-0.3, -0.25) is 4.57 Å². The molecule has 1 aromatic heterocycles. The molecule has 3 aromatic rings. The van der Waals surface area contributed by atoms with E-state index in [0.29, 0.717) is 46.6 Å². The zero-order valence-electron chi connectivity index (χ0n) is 20.7. The van der Waals surface area contributed by atoms with Crippen LogP contribution < -0.4 is 14.2 Å². The van der Waals surface area contributed by atoms with Crippen LogP contribution in [0.15, 0.2) is 24.3 Å². The summed E-state index contributed by atoms with van der Waals surface area (Å²) in [6, 6.07) is 6.99. The number of imidazole rings is 1. The molecule has 9 heteroatoms. The molecule has 6 nitrogen and oxygen atoms in total. The third-order valence-electron chi connectivity index (χ3n) is 5.86. The Morgan fingerprint density at radius 2 is 1.79 bits per heavy atom. The number of halogens is 3. The van der Waals surface area contributed by atoms with Crippen LogP contribution in [-0.2, 0) is 13.6 Å². The largest absolute Gasteiger partial charge is 0.573 e. The zero-order valence-corrected chi connectivity index (χ0v) is 20.7. The van der Waals surface area contributed by atoms with Crippen LogP contribution in [0.1, 0.15) is 49.3 Å². The van der Waals surface area contributed by atoms with Gasteiger partial charge in [-0.15, -0.1) is 13.2 Å². The van der Waals surface area contributed by atoms with Crippen molar-refractivity contribution in [2.45, 2.75) is 52.4 Å². The first-order valence-corrected chi connectivity index (χ1v) is 11.2. The summed E-state index contributed by atoms with van der Waals surface area (Å²) < 4.78 is 56.4. The number of fused-ring (bicyclic) bond motifs is 1. The number of nitrogens with zero attached hydrogens (tertiary/aromatic N) is 3. The van der Waals surface area contributed by atoms with Gasteiger partial charge in [-0.2, -0.15) is 4.98 Å². The van der Waals surface area contributed by atoms with Crippen molar-refractivity contribution in [2.75, 3.05) is 21.2 Å². The van der Waals surface area contributed by atoms with Crippen LogP contribution in [0.4, 0.5) is 13.2 Å². The minimum absolute atomic E-state index is 0.281. The Morgan fingerprint density at radius 3 is 2.35 bits per heavy atom. The molecule has 0 amide bonds. The Hall–Kier alpha value is -2.94. The summed E-state index contributed by atoms with van der Waals surface area (Å²) in [5.41, 5.74) is 3.84. The highest BCUT2D eigenvalue weighted by Gasteiger charge is 2.32. The molecule has 186 valence electrons. The highest BCUT2D eigenvalue weighted by molar-refractivity contribution is 5.87. The Morgan fingerprint density at radius 1 is 1.12 bits per heavy atom. The number of hydrogen-bond acceptors (Lipinski definition) is 5. The minimum Gasteiger partial charge on any atom is -0.494 e. The summed E-state index contributed by atoms with van der Waals surface area (Å²) >= 11 is 0. The minimum atomic E-state index is -4.77. The van der Waals surface area contributed by atoms with Crippen LogP contribution in [-0.4, -0.2) is 42.0 Å². The first kappa shape index (κ1) is 25.7. The molecule has 0 radical (unpaired) electrons. The smallest absolute Gasteiger partial charge is 0.494 e. The summed E-state index contributed by atoms with van der Waals surface area (Å²) in [6.07, 6.45) is -2.82. The van der Waals surface area contributed by atoms with Crippen LogP contribution >= 0.6 is 0 Å². The van der Waals surface area contributed by atoms with Gasteiger partial charge in [0, 0.05) is 19.2 Å². The summed E-state index contributed by atoms with van der Waals surface area (Å²) in [4.78, 5) is 6.57. The number of alkyl halides is 3. The van der Waals surface area contributed by atoms with Gasteiger partial charge in [-0.05, 0) is 69.1 Å². The molecule has 0 saturated carbocycles. The van der Waals surface area contributed by atoms with E-state index >= 15 is 0 Å². The fourth-order valence-electron chi connectivity index (χ4n) is 4.32. The molecule has 34 heavy (non-hydrogen) atoms. The molecular weight excluding hydrogens is 447 g/mol. The van der Waals surface area contributed by atoms with Crippen molar-refractivity contribution in [1.82, 2.24) is 14.5 Å². The number of aryl methyl sites for hydroxylation is 2. The normalized spacial score (nSPS) is 12.1. The second kappa shape index (κ2) is 10.1. The van der Waals surface area contributed by atoms with Gasteiger partial charge in [0.05, 0.1) is 12.6 Å². The lowest BCUT2D eigenvalue weighted by molar-refractivity contribution is -0.274. The highest BCUT2D eigenvalue weighted by Crippen LogP contribution is 2.40. The van der Waals surface area contributed by atoms with Crippen LogP contribution in [0.2, 0.25) is 0 Å². The van der Waals surface area contributed by atoms with Gasteiger partial charge in [0.15, 0.2) is 0 Å². The average Bonchev–Trinajstić information content (AvgIpc) is 3.06. The van der Waals surface area contributed by atoms with E-state index in [9.17, 15) is 13.2 Å². The molecule has 0 bridgehead atoms. The van der Waals surface area contributed by atoms with Gasteiger partial charge in [0.25, 0.3) is 0 Å². The van der Waals surface area contributed by atoms with E-state index in [4.69, 9.17) is 14.5 Å². The van der Waals surface area contributed by atoms with Crippen molar-refractivity contribution >= 4 is 11.0 Å². The van der Waals surface area contributed by atoms with Gasteiger partial charge in [-0.25, -0.2) is 0 Å². The third kappa shape index (κ3) is 5.41. The number of methoxy groups -OCH3 is 1. The van der Waals surface area contributed by atoms with E-state index in [1.807, 2.05) is 36.7 Å². The van der Waals surface area contributed by atoms with Crippen molar-refractivity contribution in [3.05, 3.63) is 41.0 Å². The van der Waals surface area contributed by atoms with E-state index < -0.39 is 6.36 Å². The predicted molar refractivity (Wildman–Crippen MR) is 126 cm³/mol. The second-order valence-electron chi connectivity index (χ2n) is 8.64. The van der Waals surface area contributed by atoms with Crippen molar-refractivity contribution < 1.29 is 27.4 Å². The molecule has 1 heterocycles. The fourth-order valence-corrected chi connectivity index (χ4v) is 4.32. The number of benzene rings is 2. The maximum atomic E-state index is 12.8. The summed E-state index contributed by atoms with van der Waals surface area (Å²) in [7, 11) is 7.13. The maximum absolute atomic E-state index is 12.8. The second-order valence-corrected chi connectivity index (χ2v) is 8.64. The maximum Gasteiger partial charge on any atom is 0.573 e. The lowest BCUT2D eigenvalue weighted by Gasteiger charge is -2.19. The Balaban J connectivity index is 2.15. The molecule has 0 spiro atoms. The summed E-state index contributed by atoms with van der Waals surface area (Å²) in [6.45, 7) is 6.35.